The maximum Gasteiger partial charge on any atom is 0.190 e. The fourth-order valence-electron chi connectivity index (χ4n) is 2.88. The third kappa shape index (κ3) is 5.85. The SMILES string of the molecule is C1CCCCCC1.N/C(=C\c1c(N)[nH]ccc1=O)c1ccc(Cl)cc1O. The maximum absolute atomic E-state index is 11.7. The van der Waals surface area contributed by atoms with Gasteiger partial charge in [-0.1, -0.05) is 56.5 Å². The summed E-state index contributed by atoms with van der Waals surface area (Å²) in [6, 6.07) is 5.88. The predicted molar refractivity (Wildman–Crippen MR) is 109 cm³/mol. The van der Waals surface area contributed by atoms with Crippen molar-refractivity contribution in [2.45, 2.75) is 44.9 Å². The van der Waals surface area contributed by atoms with Crippen molar-refractivity contribution in [3.8, 4) is 5.75 Å². The summed E-state index contributed by atoms with van der Waals surface area (Å²) in [5.74, 6) is 0.149. The van der Waals surface area contributed by atoms with Crippen LogP contribution >= 0.6 is 11.6 Å². The number of aromatic nitrogens is 1. The Morgan fingerprint density at radius 1 is 1.08 bits per heavy atom. The molecule has 26 heavy (non-hydrogen) atoms. The summed E-state index contributed by atoms with van der Waals surface area (Å²) < 4.78 is 0. The number of rotatable bonds is 2. The highest BCUT2D eigenvalue weighted by molar-refractivity contribution is 6.30. The lowest BCUT2D eigenvalue weighted by atomic mass is 10.1. The Kier molecular flexibility index (Phi) is 7.60. The monoisotopic (exact) mass is 375 g/mol. The van der Waals surface area contributed by atoms with Crippen LogP contribution in [-0.2, 0) is 0 Å². The van der Waals surface area contributed by atoms with Gasteiger partial charge >= 0.3 is 0 Å². The molecule has 0 spiro atoms. The van der Waals surface area contributed by atoms with E-state index in [2.05, 4.69) is 4.98 Å². The van der Waals surface area contributed by atoms with E-state index < -0.39 is 0 Å². The minimum atomic E-state index is -0.257. The van der Waals surface area contributed by atoms with Crippen LogP contribution in [0.15, 0.2) is 35.3 Å². The molecule has 1 aliphatic carbocycles. The van der Waals surface area contributed by atoms with Crippen molar-refractivity contribution in [1.29, 1.82) is 0 Å². The minimum Gasteiger partial charge on any atom is -0.507 e. The quantitative estimate of drug-likeness (QED) is 0.579. The van der Waals surface area contributed by atoms with Gasteiger partial charge in [0.15, 0.2) is 5.43 Å². The number of aromatic amines is 1. The Hall–Kier alpha value is -2.40. The van der Waals surface area contributed by atoms with Gasteiger partial charge in [-0.15, -0.1) is 0 Å². The molecule has 3 rings (SSSR count). The van der Waals surface area contributed by atoms with Crippen LogP contribution in [-0.4, -0.2) is 10.1 Å². The Morgan fingerprint density at radius 2 is 1.65 bits per heavy atom. The number of benzene rings is 1. The molecule has 1 heterocycles. The summed E-state index contributed by atoms with van der Waals surface area (Å²) >= 11 is 5.74. The van der Waals surface area contributed by atoms with Crippen LogP contribution in [0.3, 0.4) is 0 Å². The van der Waals surface area contributed by atoms with Gasteiger partial charge in [-0.05, 0) is 24.3 Å². The summed E-state index contributed by atoms with van der Waals surface area (Å²) in [4.78, 5) is 14.4. The second-order valence-corrected chi connectivity index (χ2v) is 6.84. The van der Waals surface area contributed by atoms with Gasteiger partial charge in [0.1, 0.15) is 11.6 Å². The van der Waals surface area contributed by atoms with Gasteiger partial charge in [0, 0.05) is 28.5 Å². The number of aromatic hydroxyl groups is 1. The van der Waals surface area contributed by atoms with Gasteiger partial charge in [-0.2, -0.15) is 0 Å². The average Bonchev–Trinajstić information content (AvgIpc) is 2.91. The molecule has 5 nitrogen and oxygen atoms in total. The number of H-pyrrole nitrogens is 1. The first-order chi connectivity index (χ1) is 12.5. The number of anilines is 1. The van der Waals surface area contributed by atoms with Crippen molar-refractivity contribution in [3.63, 3.8) is 0 Å². The number of pyridine rings is 1. The number of halogens is 1. The smallest absolute Gasteiger partial charge is 0.190 e. The van der Waals surface area contributed by atoms with Crippen molar-refractivity contribution >= 4 is 29.2 Å². The fraction of sp³-hybridized carbons (Fsp3) is 0.350. The lowest BCUT2D eigenvalue weighted by molar-refractivity contribution is 0.473. The van der Waals surface area contributed by atoms with E-state index >= 15 is 0 Å². The van der Waals surface area contributed by atoms with Gasteiger partial charge in [0.05, 0.1) is 5.56 Å². The first-order valence-corrected chi connectivity index (χ1v) is 9.30. The molecule has 1 aromatic heterocycles. The molecule has 0 unspecified atom stereocenters. The van der Waals surface area contributed by atoms with Crippen molar-refractivity contribution in [1.82, 2.24) is 4.98 Å². The van der Waals surface area contributed by atoms with Gasteiger partial charge in [0.2, 0.25) is 0 Å². The topological polar surface area (TPSA) is 105 Å². The van der Waals surface area contributed by atoms with Crippen molar-refractivity contribution < 1.29 is 5.11 Å². The van der Waals surface area contributed by atoms with Gasteiger partial charge in [-0.25, -0.2) is 0 Å². The molecule has 0 amide bonds. The highest BCUT2D eigenvalue weighted by Gasteiger charge is 2.07. The summed E-state index contributed by atoms with van der Waals surface area (Å²) in [7, 11) is 0. The van der Waals surface area contributed by atoms with Crippen LogP contribution in [0.5, 0.6) is 5.75 Å². The number of hydrogen-bond acceptors (Lipinski definition) is 4. The van der Waals surface area contributed by atoms with E-state index in [-0.39, 0.29) is 28.3 Å². The molecule has 1 aromatic carbocycles. The third-order valence-corrected chi connectivity index (χ3v) is 4.58. The molecule has 1 saturated carbocycles. The molecule has 0 aliphatic heterocycles. The number of nitrogen functional groups attached to an aromatic ring is 1. The van der Waals surface area contributed by atoms with Crippen LogP contribution < -0.4 is 16.9 Å². The van der Waals surface area contributed by atoms with Crippen molar-refractivity contribution in [3.05, 3.63) is 56.8 Å². The zero-order valence-electron chi connectivity index (χ0n) is 14.8. The minimum absolute atomic E-state index is 0.0628. The lowest BCUT2D eigenvalue weighted by Crippen LogP contribution is -2.10. The number of nitrogens with one attached hydrogen (secondary N) is 1. The second kappa shape index (κ2) is 9.92. The van der Waals surface area contributed by atoms with E-state index in [9.17, 15) is 9.90 Å². The van der Waals surface area contributed by atoms with E-state index in [0.29, 0.717) is 10.6 Å². The summed E-state index contributed by atoms with van der Waals surface area (Å²) in [5.41, 5.74) is 12.1. The van der Waals surface area contributed by atoms with E-state index in [4.69, 9.17) is 23.1 Å². The molecule has 6 heteroatoms. The fourth-order valence-corrected chi connectivity index (χ4v) is 3.04. The molecule has 6 N–H and O–H groups in total. The number of phenols is 1. The molecule has 2 aromatic rings. The van der Waals surface area contributed by atoms with E-state index in [1.807, 2.05) is 0 Å². The Bertz CT molecular complexity index is 795. The number of phenolic OH excluding ortho intramolecular Hbond substituents is 1. The Labute approximate surface area is 158 Å². The Morgan fingerprint density at radius 3 is 2.15 bits per heavy atom. The maximum atomic E-state index is 11.7. The molecular weight excluding hydrogens is 350 g/mol. The number of nitrogens with two attached hydrogens (primary N) is 2. The van der Waals surface area contributed by atoms with Gasteiger partial charge in [0.25, 0.3) is 0 Å². The van der Waals surface area contributed by atoms with Gasteiger partial charge in [-0.3, -0.25) is 4.79 Å². The van der Waals surface area contributed by atoms with E-state index in [1.54, 1.807) is 12.1 Å². The summed E-state index contributed by atoms with van der Waals surface area (Å²) in [5, 5.41) is 10.2. The molecular formula is C20H26ClN3O2. The first-order valence-electron chi connectivity index (χ1n) is 8.92. The molecule has 0 saturated heterocycles. The normalized spacial score (nSPS) is 14.9. The molecule has 1 aliphatic rings. The van der Waals surface area contributed by atoms with Crippen LogP contribution in [0.1, 0.15) is 56.1 Å². The van der Waals surface area contributed by atoms with E-state index in [0.717, 1.165) is 0 Å². The predicted octanol–water partition coefficient (Wildman–Crippen LogP) is 4.50. The molecule has 1 fully saturated rings. The van der Waals surface area contributed by atoms with Gasteiger partial charge < -0.3 is 21.6 Å². The average molecular weight is 376 g/mol. The highest BCUT2D eigenvalue weighted by Crippen LogP contribution is 2.26. The summed E-state index contributed by atoms with van der Waals surface area (Å²) in [6.07, 6.45) is 13.4. The van der Waals surface area contributed by atoms with E-state index in [1.165, 1.54) is 69.4 Å². The van der Waals surface area contributed by atoms with Crippen LogP contribution in [0.2, 0.25) is 5.02 Å². The van der Waals surface area contributed by atoms with Crippen LogP contribution in [0.4, 0.5) is 5.82 Å². The first kappa shape index (κ1) is 19.9. The molecule has 0 atom stereocenters. The molecule has 0 bridgehead atoms. The van der Waals surface area contributed by atoms with Crippen LogP contribution in [0, 0.1) is 0 Å². The lowest BCUT2D eigenvalue weighted by Gasteiger charge is -2.06. The molecule has 0 radical (unpaired) electrons. The third-order valence-electron chi connectivity index (χ3n) is 4.35. The van der Waals surface area contributed by atoms with Crippen molar-refractivity contribution in [2.75, 3.05) is 5.73 Å². The van der Waals surface area contributed by atoms with Crippen LogP contribution in [0.25, 0.3) is 11.8 Å². The largest absolute Gasteiger partial charge is 0.507 e. The Balaban J connectivity index is 0.000000290. The number of hydrogen-bond donors (Lipinski definition) is 4. The second-order valence-electron chi connectivity index (χ2n) is 6.41. The summed E-state index contributed by atoms with van der Waals surface area (Å²) in [6.45, 7) is 0. The van der Waals surface area contributed by atoms with Crippen molar-refractivity contribution in [2.24, 2.45) is 5.73 Å². The highest BCUT2D eigenvalue weighted by atomic mass is 35.5. The zero-order chi connectivity index (χ0) is 18.9. The zero-order valence-corrected chi connectivity index (χ0v) is 15.6. The molecule has 140 valence electrons. The standard InChI is InChI=1S/C13H12ClN3O2.C7H14/c14-7-1-2-8(12(19)5-7)10(15)6-9-11(18)3-4-17-13(9)16;1-2-4-6-7-5-3-1/h1-6,19H,15H2,(H3,16,17,18);1-7H2/b10-6-;.